The van der Waals surface area contributed by atoms with Crippen molar-refractivity contribution >= 4 is 15.9 Å². The topological polar surface area (TPSA) is 66.5 Å². The molecule has 1 amide bonds. The van der Waals surface area contributed by atoms with Gasteiger partial charge in [0.15, 0.2) is 0 Å². The van der Waals surface area contributed by atoms with Crippen molar-refractivity contribution in [2.45, 2.75) is 52.0 Å². The van der Waals surface area contributed by atoms with Crippen LogP contribution in [0.1, 0.15) is 54.6 Å². The predicted molar refractivity (Wildman–Crippen MR) is 96.7 cm³/mol. The molecule has 5 nitrogen and oxygen atoms in total. The number of benzene rings is 1. The van der Waals surface area contributed by atoms with Crippen LogP contribution in [0.15, 0.2) is 18.2 Å². The number of aryl methyl sites for hydroxylation is 2. The lowest BCUT2D eigenvalue weighted by atomic mass is 9.90. The largest absolute Gasteiger partial charge is 0.352 e. The second-order valence-electron chi connectivity index (χ2n) is 6.77. The monoisotopic (exact) mass is 352 g/mol. The van der Waals surface area contributed by atoms with Crippen molar-refractivity contribution in [2.75, 3.05) is 19.3 Å². The highest BCUT2D eigenvalue weighted by atomic mass is 32.2. The lowest BCUT2D eigenvalue weighted by Crippen LogP contribution is -2.38. The van der Waals surface area contributed by atoms with Crippen LogP contribution in [0.5, 0.6) is 0 Å². The van der Waals surface area contributed by atoms with Crippen molar-refractivity contribution in [3.05, 3.63) is 34.9 Å². The minimum atomic E-state index is -3.21. The molecule has 0 heterocycles. The Bertz CT molecular complexity index is 684. The summed E-state index contributed by atoms with van der Waals surface area (Å²) in [6.07, 6.45) is 6.39. The smallest absolute Gasteiger partial charge is 0.251 e. The minimum Gasteiger partial charge on any atom is -0.352 e. The highest BCUT2D eigenvalue weighted by molar-refractivity contribution is 7.88. The van der Waals surface area contributed by atoms with E-state index in [1.54, 1.807) is 0 Å². The number of nitrogens with zero attached hydrogens (tertiary/aromatic N) is 1. The Kier molecular flexibility index (Phi) is 6.40. The number of sulfonamides is 1. The van der Waals surface area contributed by atoms with E-state index in [1.807, 2.05) is 26.0 Å². The van der Waals surface area contributed by atoms with Gasteiger partial charge >= 0.3 is 0 Å². The van der Waals surface area contributed by atoms with Gasteiger partial charge in [0.1, 0.15) is 0 Å². The number of carbonyl (C=O) groups is 1. The van der Waals surface area contributed by atoms with Crippen molar-refractivity contribution in [1.82, 2.24) is 9.62 Å². The molecule has 0 saturated carbocycles. The van der Waals surface area contributed by atoms with Crippen molar-refractivity contribution in [3.8, 4) is 0 Å². The van der Waals surface area contributed by atoms with Crippen molar-refractivity contribution in [1.29, 1.82) is 0 Å². The lowest BCUT2D eigenvalue weighted by Gasteiger charge is -2.23. The van der Waals surface area contributed by atoms with Gasteiger partial charge in [0.2, 0.25) is 10.0 Å². The van der Waals surface area contributed by atoms with E-state index in [0.29, 0.717) is 25.1 Å². The van der Waals surface area contributed by atoms with Gasteiger partial charge in [-0.1, -0.05) is 6.07 Å². The van der Waals surface area contributed by atoms with E-state index in [0.717, 1.165) is 12.8 Å². The van der Waals surface area contributed by atoms with E-state index in [2.05, 4.69) is 11.4 Å². The quantitative estimate of drug-likeness (QED) is 0.766. The molecule has 1 N–H and O–H groups in total. The number of rotatable bonds is 7. The Balaban J connectivity index is 1.85. The standard InChI is InChI=1S/C18H28N2O3S/c1-14(2)20(24(3,22)23)12-6-11-19-18(21)17-10-9-15-7-4-5-8-16(15)13-17/h9-10,13-14H,4-8,11-12H2,1-3H3,(H,19,21). The molecule has 1 aliphatic carbocycles. The summed E-state index contributed by atoms with van der Waals surface area (Å²) in [5.74, 6) is -0.0844. The fraction of sp³-hybridized carbons (Fsp3) is 0.611. The summed E-state index contributed by atoms with van der Waals surface area (Å²) in [4.78, 5) is 12.3. The zero-order chi connectivity index (χ0) is 17.7. The van der Waals surface area contributed by atoms with E-state index < -0.39 is 10.0 Å². The molecule has 1 aliphatic rings. The molecule has 24 heavy (non-hydrogen) atoms. The number of hydrogen-bond donors (Lipinski definition) is 1. The van der Waals surface area contributed by atoms with Gasteiger partial charge in [-0.05, 0) is 69.2 Å². The maximum atomic E-state index is 12.3. The Morgan fingerprint density at radius 1 is 1.21 bits per heavy atom. The second kappa shape index (κ2) is 8.12. The van der Waals surface area contributed by atoms with Crippen LogP contribution >= 0.6 is 0 Å². The Morgan fingerprint density at radius 3 is 2.50 bits per heavy atom. The fourth-order valence-electron chi connectivity index (χ4n) is 3.22. The van der Waals surface area contributed by atoms with E-state index in [4.69, 9.17) is 0 Å². The van der Waals surface area contributed by atoms with Crippen LogP contribution in [0.4, 0.5) is 0 Å². The van der Waals surface area contributed by atoms with Gasteiger partial charge in [0.05, 0.1) is 6.26 Å². The third kappa shape index (κ3) is 5.05. The molecule has 0 unspecified atom stereocenters. The Labute approximate surface area is 145 Å². The zero-order valence-corrected chi connectivity index (χ0v) is 15.7. The van der Waals surface area contributed by atoms with Gasteiger partial charge in [0, 0.05) is 24.7 Å². The average Bonchev–Trinajstić information content (AvgIpc) is 2.52. The molecule has 0 radical (unpaired) electrons. The molecule has 1 aromatic carbocycles. The van der Waals surface area contributed by atoms with Gasteiger partial charge in [-0.3, -0.25) is 4.79 Å². The lowest BCUT2D eigenvalue weighted by molar-refractivity contribution is 0.0952. The predicted octanol–water partition coefficient (Wildman–Crippen LogP) is 2.36. The number of fused-ring (bicyclic) bond motifs is 1. The number of hydrogen-bond acceptors (Lipinski definition) is 3. The van der Waals surface area contributed by atoms with Crippen LogP contribution in [-0.2, 0) is 22.9 Å². The van der Waals surface area contributed by atoms with Crippen LogP contribution in [0.2, 0.25) is 0 Å². The van der Waals surface area contributed by atoms with Crippen LogP contribution in [0.3, 0.4) is 0 Å². The maximum Gasteiger partial charge on any atom is 0.251 e. The minimum absolute atomic E-state index is 0.0728. The first kappa shape index (κ1) is 18.9. The van der Waals surface area contributed by atoms with Gasteiger partial charge in [-0.2, -0.15) is 4.31 Å². The fourth-order valence-corrected chi connectivity index (χ4v) is 4.45. The molecule has 0 atom stereocenters. The van der Waals surface area contributed by atoms with E-state index >= 15 is 0 Å². The summed E-state index contributed by atoms with van der Waals surface area (Å²) in [7, 11) is -3.21. The van der Waals surface area contributed by atoms with Gasteiger partial charge in [-0.15, -0.1) is 0 Å². The Hall–Kier alpha value is -1.40. The molecule has 6 heteroatoms. The average molecular weight is 353 g/mol. The molecule has 134 valence electrons. The summed E-state index contributed by atoms with van der Waals surface area (Å²) in [6, 6.07) is 5.88. The zero-order valence-electron chi connectivity index (χ0n) is 14.8. The maximum absolute atomic E-state index is 12.3. The molecule has 1 aromatic rings. The summed E-state index contributed by atoms with van der Waals surface area (Å²) >= 11 is 0. The highest BCUT2D eigenvalue weighted by Gasteiger charge is 2.19. The van der Waals surface area contributed by atoms with Crippen LogP contribution in [0.25, 0.3) is 0 Å². The summed E-state index contributed by atoms with van der Waals surface area (Å²) < 4.78 is 24.9. The summed E-state index contributed by atoms with van der Waals surface area (Å²) in [6.45, 7) is 4.59. The van der Waals surface area contributed by atoms with Crippen molar-refractivity contribution in [3.63, 3.8) is 0 Å². The summed E-state index contributed by atoms with van der Waals surface area (Å²) in [5.41, 5.74) is 3.34. The molecule has 0 aromatic heterocycles. The SMILES string of the molecule is CC(C)N(CCCNC(=O)c1ccc2c(c1)CCCC2)S(C)(=O)=O. The number of carbonyl (C=O) groups excluding carboxylic acids is 1. The highest BCUT2D eigenvalue weighted by Crippen LogP contribution is 2.22. The molecular weight excluding hydrogens is 324 g/mol. The van der Waals surface area contributed by atoms with E-state index in [1.165, 1.54) is 34.5 Å². The number of amides is 1. The first-order valence-electron chi connectivity index (χ1n) is 8.66. The molecule has 0 aliphatic heterocycles. The molecule has 0 spiro atoms. The molecular formula is C18H28N2O3S. The van der Waals surface area contributed by atoms with Crippen molar-refractivity contribution < 1.29 is 13.2 Å². The van der Waals surface area contributed by atoms with Crippen LogP contribution < -0.4 is 5.32 Å². The van der Waals surface area contributed by atoms with Crippen LogP contribution in [0, 0.1) is 0 Å². The van der Waals surface area contributed by atoms with Crippen molar-refractivity contribution in [2.24, 2.45) is 0 Å². The molecule has 0 saturated heterocycles. The van der Waals surface area contributed by atoms with Crippen LogP contribution in [-0.4, -0.2) is 44.0 Å². The van der Waals surface area contributed by atoms with Gasteiger partial charge < -0.3 is 5.32 Å². The van der Waals surface area contributed by atoms with E-state index in [-0.39, 0.29) is 11.9 Å². The van der Waals surface area contributed by atoms with E-state index in [9.17, 15) is 13.2 Å². The molecule has 0 fully saturated rings. The third-order valence-electron chi connectivity index (χ3n) is 4.45. The number of nitrogens with one attached hydrogen (secondary N) is 1. The Morgan fingerprint density at radius 2 is 1.88 bits per heavy atom. The first-order valence-corrected chi connectivity index (χ1v) is 10.5. The first-order chi connectivity index (χ1) is 11.3. The normalized spacial score (nSPS) is 14.7. The summed E-state index contributed by atoms with van der Waals surface area (Å²) in [5, 5.41) is 2.89. The van der Waals surface area contributed by atoms with Gasteiger partial charge in [-0.25, -0.2) is 8.42 Å². The molecule has 0 bridgehead atoms. The second-order valence-corrected chi connectivity index (χ2v) is 8.70. The third-order valence-corrected chi connectivity index (χ3v) is 5.91. The van der Waals surface area contributed by atoms with Gasteiger partial charge in [0.25, 0.3) is 5.91 Å². The molecule has 2 rings (SSSR count).